The summed E-state index contributed by atoms with van der Waals surface area (Å²) in [4.78, 5) is 132. The van der Waals surface area contributed by atoms with Crippen LogP contribution in [0.1, 0.15) is 83.2 Å². The molecule has 2 heterocycles. The highest BCUT2D eigenvalue weighted by Crippen LogP contribution is 2.20. The third-order valence-electron chi connectivity index (χ3n) is 11.1. The molecule has 1 aliphatic heterocycles. The zero-order valence-corrected chi connectivity index (χ0v) is 40.6. The van der Waals surface area contributed by atoms with Gasteiger partial charge in [-0.3, -0.25) is 43.8 Å². The lowest BCUT2D eigenvalue weighted by atomic mass is 10.1. The number of aliphatic carboxylic acids is 1. The van der Waals surface area contributed by atoms with Gasteiger partial charge in [0.2, 0.25) is 35.4 Å². The number of guanidine groups is 1. The Morgan fingerprint density at radius 1 is 0.875 bits per heavy atom. The number of carboxylic acids is 1. The summed E-state index contributed by atoms with van der Waals surface area (Å²) < 4.78 is 0. The van der Waals surface area contributed by atoms with E-state index in [-0.39, 0.29) is 82.8 Å². The van der Waals surface area contributed by atoms with Crippen molar-refractivity contribution in [3.63, 3.8) is 0 Å². The summed E-state index contributed by atoms with van der Waals surface area (Å²) in [5, 5.41) is 44.6. The molecule has 0 saturated carbocycles. The normalized spacial score (nSPS) is 16.2. The molecule has 1 aromatic heterocycles. The number of aromatic nitrogens is 2. The number of aromatic amines is 1. The number of imidazole rings is 1. The Hall–Kier alpha value is -6.92. The van der Waals surface area contributed by atoms with E-state index in [2.05, 4.69) is 52.2 Å². The van der Waals surface area contributed by atoms with Gasteiger partial charge in [-0.25, -0.2) is 14.8 Å². The molecule has 1 aliphatic rings. The minimum Gasteiger partial charge on any atom is -0.477 e. The van der Waals surface area contributed by atoms with Crippen LogP contribution in [-0.4, -0.2) is 178 Å². The number of nitrogens with one attached hydrogen (secondary N) is 9. The van der Waals surface area contributed by atoms with Crippen LogP contribution in [0.2, 0.25) is 0 Å². The van der Waals surface area contributed by atoms with Crippen LogP contribution in [0.25, 0.3) is 0 Å². The topological polar surface area (TPSA) is 503 Å². The smallest absolute Gasteiger partial charge is 0.352 e. The first-order valence-electron chi connectivity index (χ1n) is 23.7. The predicted molar refractivity (Wildman–Crippen MR) is 261 cm³/mol. The number of carbonyl (C=O) groups excluding carboxylic acids is 8. The molecule has 0 aliphatic carbocycles. The summed E-state index contributed by atoms with van der Waals surface area (Å²) in [7, 11) is 0. The maximum atomic E-state index is 14.1. The molecule has 0 unspecified atom stereocenters. The van der Waals surface area contributed by atoms with Crippen LogP contribution in [0, 0.1) is 5.41 Å². The van der Waals surface area contributed by atoms with Crippen molar-refractivity contribution in [2.45, 2.75) is 126 Å². The van der Waals surface area contributed by atoms with Crippen LogP contribution in [0.3, 0.4) is 0 Å². The lowest BCUT2D eigenvalue weighted by molar-refractivity contribution is -0.137. The van der Waals surface area contributed by atoms with E-state index in [9.17, 15) is 53.4 Å². The van der Waals surface area contributed by atoms with Crippen LogP contribution in [0.4, 0.5) is 0 Å². The van der Waals surface area contributed by atoms with Crippen LogP contribution in [0.5, 0.6) is 0 Å². The average molecular weight is 1020 g/mol. The highest BCUT2D eigenvalue weighted by Gasteiger charge is 2.38. The largest absolute Gasteiger partial charge is 0.477 e. The number of nitrogens with zero attached hydrogens (tertiary/aromatic N) is 3. The minimum absolute atomic E-state index is 0.0420. The minimum atomic E-state index is -1.57. The molecule has 72 heavy (non-hydrogen) atoms. The molecule has 1 aromatic rings. The molecule has 2 rings (SSSR count). The first-order chi connectivity index (χ1) is 34.3. The van der Waals surface area contributed by atoms with Crippen molar-refractivity contribution < 1.29 is 53.4 Å². The molecule has 23 N–H and O–H groups in total. The Bertz CT molecular complexity index is 2050. The molecule has 29 nitrogen and oxygen atoms in total. The summed E-state index contributed by atoms with van der Waals surface area (Å²) in [6.45, 7) is 1.05. The number of amides is 8. The second kappa shape index (κ2) is 32.9. The van der Waals surface area contributed by atoms with Gasteiger partial charge >= 0.3 is 5.97 Å². The number of hydrogen-bond acceptors (Lipinski definition) is 17. The fourth-order valence-electron chi connectivity index (χ4n) is 7.14. The van der Waals surface area contributed by atoms with Gasteiger partial charge in [-0.2, -0.15) is 0 Å². The van der Waals surface area contributed by atoms with Crippen LogP contribution in [-0.2, 0) is 49.6 Å². The van der Waals surface area contributed by atoms with E-state index in [1.807, 2.05) is 0 Å². The molecule has 8 amide bonds. The average Bonchev–Trinajstić information content (AvgIpc) is 4.06. The second-order valence-electron chi connectivity index (χ2n) is 16.9. The van der Waals surface area contributed by atoms with Crippen molar-refractivity contribution in [1.29, 1.82) is 5.41 Å². The second-order valence-corrected chi connectivity index (χ2v) is 16.9. The lowest BCUT2D eigenvalue weighted by Gasteiger charge is -2.27. The summed E-state index contributed by atoms with van der Waals surface area (Å²) in [6.07, 6.45) is 5.27. The van der Waals surface area contributed by atoms with E-state index in [1.54, 1.807) is 0 Å². The number of aliphatic imine (C=N–C) groups is 1. The monoisotopic (exact) mass is 1020 g/mol. The number of hydrogen-bond donors (Lipinski definition) is 17. The predicted octanol–water partition coefficient (Wildman–Crippen LogP) is -6.41. The molecule has 0 aromatic carbocycles. The number of aliphatic hydroxyl groups is 1. The van der Waals surface area contributed by atoms with Crippen molar-refractivity contribution in [2.75, 3.05) is 45.8 Å². The van der Waals surface area contributed by atoms with Crippen molar-refractivity contribution >= 4 is 64.9 Å². The van der Waals surface area contributed by atoms with Gasteiger partial charge in [-0.05, 0) is 90.8 Å². The zero-order chi connectivity index (χ0) is 53.8. The number of likely N-dealkylation sites (tertiary alicyclic amines) is 1. The number of carbonyl (C=O) groups is 9. The number of aliphatic hydroxyl groups excluding tert-OH is 1. The molecule has 0 bridgehead atoms. The van der Waals surface area contributed by atoms with E-state index >= 15 is 0 Å². The Balaban J connectivity index is 2.24. The molecule has 1 fully saturated rings. The van der Waals surface area contributed by atoms with Crippen molar-refractivity contribution in [2.24, 2.45) is 39.4 Å². The molecule has 0 spiro atoms. The molecule has 402 valence electrons. The molecular formula is C43H74N18O11. The summed E-state index contributed by atoms with van der Waals surface area (Å²) in [5.41, 5.74) is 33.3. The number of H-pyrrole nitrogens is 1. The first-order valence-corrected chi connectivity index (χ1v) is 23.7. The highest BCUT2D eigenvalue weighted by molar-refractivity contribution is 6.40. The molecular weight excluding hydrogens is 945 g/mol. The molecule has 29 heteroatoms. The molecule has 1 saturated heterocycles. The van der Waals surface area contributed by atoms with Gasteiger partial charge in [0.15, 0.2) is 5.96 Å². The van der Waals surface area contributed by atoms with Crippen LogP contribution < -0.4 is 71.6 Å². The first kappa shape index (κ1) is 61.2. The lowest BCUT2D eigenvalue weighted by Crippen LogP contribution is -2.60. The number of carboxylic acid groups (broad SMARTS) is 1. The van der Waals surface area contributed by atoms with Gasteiger partial charge in [-0.1, -0.05) is 12.5 Å². The van der Waals surface area contributed by atoms with Crippen molar-refractivity contribution in [3.8, 4) is 0 Å². The van der Waals surface area contributed by atoms with Crippen LogP contribution >= 0.6 is 0 Å². The standard InChI is InChI=1S/C43H74N18O11/c1-24(55-40(69)34(32(62)20-47)60-36(65)26(48)9-2-4-14-44)35(64)53-22-33(63)56-28(11-6-16-46)41(70)61-18-8-13-31(61)39(68)59-30(19-25-21-51-23-54-25)38(67)57-27(10-3-5-15-45)37(66)58-29(42(71)72)12-7-17-52-43(49)50/h12,21,23-24,26-27,30-32,34,62H,2-11,13-20,22,44-48H2,1H3,(H,51,54)(H,53,64)(H,55,69)(H,57,67)(H,58,66)(H,59,68)(H,60,65)(H,71,72)(H4,49,50,52)/b29-12-,56-28+/t24-,26-,27-,30-,31-,32-,34-/m0/s1. The maximum absolute atomic E-state index is 14.1. The van der Waals surface area contributed by atoms with E-state index < -0.39 is 114 Å². The Morgan fingerprint density at radius 2 is 1.56 bits per heavy atom. The highest BCUT2D eigenvalue weighted by atomic mass is 16.4. The Labute approximate surface area is 416 Å². The Morgan fingerprint density at radius 3 is 2.17 bits per heavy atom. The SMILES string of the molecule is C[C@H](NC(=O)[C@@H](NC(=O)[C@@H](N)CCCCN)[C@@H](O)CN)C(=O)NCC(=O)/N=C(\CCCN)C(=O)N1CCC[C@H]1C(=O)N[C@@H](Cc1cnc[nH]1)C(=O)N[C@@H](CCCCN)C(=O)N/C(=C\CCNC(=N)N)C(=O)O. The van der Waals surface area contributed by atoms with Gasteiger partial charge in [-0.15, -0.1) is 0 Å². The van der Waals surface area contributed by atoms with Gasteiger partial charge in [0.05, 0.1) is 25.0 Å². The molecule has 7 atom stereocenters. The van der Waals surface area contributed by atoms with E-state index in [0.717, 1.165) is 0 Å². The maximum Gasteiger partial charge on any atom is 0.352 e. The van der Waals surface area contributed by atoms with Gasteiger partial charge in [0, 0.05) is 37.9 Å². The third-order valence-corrected chi connectivity index (χ3v) is 11.1. The van der Waals surface area contributed by atoms with E-state index in [4.69, 9.17) is 39.8 Å². The van der Waals surface area contributed by atoms with Crippen LogP contribution in [0.15, 0.2) is 29.3 Å². The molecule has 0 radical (unpaired) electrons. The summed E-state index contributed by atoms with van der Waals surface area (Å²) >= 11 is 0. The van der Waals surface area contributed by atoms with Crippen molar-refractivity contribution in [1.82, 2.24) is 52.1 Å². The third kappa shape index (κ3) is 21.6. The van der Waals surface area contributed by atoms with E-state index in [0.29, 0.717) is 44.3 Å². The number of rotatable bonds is 33. The van der Waals surface area contributed by atoms with Gasteiger partial charge in [0.25, 0.3) is 11.8 Å². The zero-order valence-electron chi connectivity index (χ0n) is 40.6. The quantitative estimate of drug-likeness (QED) is 0.0135. The van der Waals surface area contributed by atoms with Crippen molar-refractivity contribution in [3.05, 3.63) is 30.0 Å². The Kier molecular flexibility index (Phi) is 27.9. The number of nitrogens with two attached hydrogens (primary N) is 6. The fraction of sp³-hybridized carbons (Fsp3) is 0.628. The fourth-order valence-corrected chi connectivity index (χ4v) is 7.14. The summed E-state index contributed by atoms with van der Waals surface area (Å²) in [5.74, 6) is -8.54. The summed E-state index contributed by atoms with van der Waals surface area (Å²) in [6, 6.07) is -7.69. The van der Waals surface area contributed by atoms with E-state index in [1.165, 1.54) is 30.4 Å². The van der Waals surface area contributed by atoms with Gasteiger partial charge < -0.3 is 91.7 Å². The number of unbranched alkanes of at least 4 members (excludes halogenated alkanes) is 2. The van der Waals surface area contributed by atoms with Gasteiger partial charge in [0.1, 0.15) is 41.6 Å².